The number of carbonyl (C=O) groups excluding carboxylic acids is 1. The molecule has 0 bridgehead atoms. The topological polar surface area (TPSA) is 57.5 Å². The summed E-state index contributed by atoms with van der Waals surface area (Å²) < 4.78 is 0. The monoisotopic (exact) mass is 318 g/mol. The van der Waals surface area contributed by atoms with Crippen molar-refractivity contribution in [2.24, 2.45) is 28.1 Å². The lowest BCUT2D eigenvalue weighted by Crippen LogP contribution is -2.59. The smallest absolute Gasteiger partial charge is 0.162 e. The van der Waals surface area contributed by atoms with Crippen LogP contribution >= 0.6 is 0 Å². The molecule has 2 fully saturated rings. The van der Waals surface area contributed by atoms with Crippen molar-refractivity contribution in [1.29, 1.82) is 0 Å². The number of aliphatic hydroxyl groups excluding tert-OH is 2. The van der Waals surface area contributed by atoms with Gasteiger partial charge in [-0.25, -0.2) is 0 Å². The third kappa shape index (κ3) is 2.20. The fraction of sp³-hybridized carbons (Fsp3) is 0.750. The van der Waals surface area contributed by atoms with Crippen molar-refractivity contribution in [3.63, 3.8) is 0 Å². The summed E-state index contributed by atoms with van der Waals surface area (Å²) in [5, 5.41) is 21.1. The maximum absolute atomic E-state index is 12.5. The molecular formula is C20H30O3. The van der Waals surface area contributed by atoms with E-state index in [-0.39, 0.29) is 22.5 Å². The summed E-state index contributed by atoms with van der Waals surface area (Å²) in [6.45, 7) is 12.2. The highest BCUT2D eigenvalue weighted by molar-refractivity contribution is 5.85. The molecule has 0 saturated heterocycles. The second-order valence-electron chi connectivity index (χ2n) is 9.06. The number of fused-ring (bicyclic) bond motifs is 3. The van der Waals surface area contributed by atoms with Gasteiger partial charge < -0.3 is 10.2 Å². The molecule has 0 heterocycles. The summed E-state index contributed by atoms with van der Waals surface area (Å²) in [6, 6.07) is 0. The molecule has 0 aliphatic heterocycles. The Morgan fingerprint density at radius 2 is 1.91 bits per heavy atom. The maximum Gasteiger partial charge on any atom is 0.162 e. The largest absolute Gasteiger partial charge is 0.392 e. The van der Waals surface area contributed by atoms with Gasteiger partial charge in [-0.2, -0.15) is 0 Å². The van der Waals surface area contributed by atoms with Crippen molar-refractivity contribution in [3.05, 3.63) is 24.3 Å². The van der Waals surface area contributed by atoms with E-state index >= 15 is 0 Å². The zero-order valence-corrected chi connectivity index (χ0v) is 14.8. The van der Waals surface area contributed by atoms with Crippen molar-refractivity contribution in [3.8, 4) is 0 Å². The van der Waals surface area contributed by atoms with Crippen molar-refractivity contribution in [2.75, 3.05) is 0 Å². The van der Waals surface area contributed by atoms with E-state index in [0.717, 1.165) is 12.8 Å². The lowest BCUT2D eigenvalue weighted by Gasteiger charge is -2.60. The van der Waals surface area contributed by atoms with E-state index in [1.807, 2.05) is 26.8 Å². The molecule has 3 nitrogen and oxygen atoms in total. The molecular weight excluding hydrogens is 288 g/mol. The van der Waals surface area contributed by atoms with E-state index in [0.29, 0.717) is 18.8 Å². The van der Waals surface area contributed by atoms with Gasteiger partial charge in [0.25, 0.3) is 0 Å². The van der Waals surface area contributed by atoms with Crippen LogP contribution in [0.3, 0.4) is 0 Å². The molecule has 0 aromatic heterocycles. The van der Waals surface area contributed by atoms with Crippen molar-refractivity contribution < 1.29 is 15.0 Å². The number of allylic oxidation sites excluding steroid dienone is 1. The lowest BCUT2D eigenvalue weighted by atomic mass is 9.44. The van der Waals surface area contributed by atoms with Crippen LogP contribution in [-0.2, 0) is 4.79 Å². The van der Waals surface area contributed by atoms with Crippen LogP contribution in [0.2, 0.25) is 0 Å². The standard InChI is InChI=1S/C20H30O3/c1-6-19(4)10-12-7-8-15-18(2,3)17(23)14(21)11-20(15,5)13(12)9-16(19)22/h6,10,13,15-17,22-23H,1,7-9,11H2,2-5H3/t13-,15-,16?,17?,19-,20+/m1/s1. The average Bonchev–Trinajstić information content (AvgIpc) is 2.47. The number of carbonyl (C=O) groups is 1. The second kappa shape index (κ2) is 5.03. The first-order valence-corrected chi connectivity index (χ1v) is 8.80. The Morgan fingerprint density at radius 3 is 2.52 bits per heavy atom. The van der Waals surface area contributed by atoms with Crippen LogP contribution in [0, 0.1) is 28.1 Å². The third-order valence-electron chi connectivity index (χ3n) is 7.34. The summed E-state index contributed by atoms with van der Waals surface area (Å²) in [4.78, 5) is 12.5. The van der Waals surface area contributed by atoms with E-state index in [4.69, 9.17) is 0 Å². The number of rotatable bonds is 1. The molecule has 2 saturated carbocycles. The average molecular weight is 318 g/mol. The Labute approximate surface area is 139 Å². The molecule has 6 atom stereocenters. The Balaban J connectivity index is 2.05. The first-order valence-electron chi connectivity index (χ1n) is 8.80. The summed E-state index contributed by atoms with van der Waals surface area (Å²) >= 11 is 0. The molecule has 128 valence electrons. The molecule has 3 heteroatoms. The van der Waals surface area contributed by atoms with E-state index < -0.39 is 17.6 Å². The van der Waals surface area contributed by atoms with E-state index in [1.54, 1.807) is 0 Å². The molecule has 0 radical (unpaired) electrons. The van der Waals surface area contributed by atoms with E-state index in [2.05, 4.69) is 19.6 Å². The maximum atomic E-state index is 12.5. The van der Waals surface area contributed by atoms with E-state index in [9.17, 15) is 15.0 Å². The summed E-state index contributed by atoms with van der Waals surface area (Å²) in [7, 11) is 0. The summed E-state index contributed by atoms with van der Waals surface area (Å²) in [5.74, 6) is 0.478. The van der Waals surface area contributed by atoms with Crippen LogP contribution < -0.4 is 0 Å². The number of hydrogen-bond donors (Lipinski definition) is 2. The number of hydrogen-bond acceptors (Lipinski definition) is 3. The molecule has 0 amide bonds. The van der Waals surface area contributed by atoms with Gasteiger partial charge >= 0.3 is 0 Å². The minimum Gasteiger partial charge on any atom is -0.392 e. The van der Waals surface area contributed by atoms with Gasteiger partial charge in [-0.1, -0.05) is 45.4 Å². The van der Waals surface area contributed by atoms with Crippen LogP contribution in [0.1, 0.15) is 53.4 Å². The number of ketones is 1. The highest BCUT2D eigenvalue weighted by Crippen LogP contribution is 2.63. The highest BCUT2D eigenvalue weighted by atomic mass is 16.3. The minimum atomic E-state index is -0.863. The zero-order chi connectivity index (χ0) is 17.2. The predicted octanol–water partition coefficient (Wildman–Crippen LogP) is 3.26. The normalized spacial score (nSPS) is 49.0. The van der Waals surface area contributed by atoms with Gasteiger partial charge in [0, 0.05) is 17.3 Å². The summed E-state index contributed by atoms with van der Waals surface area (Å²) in [5.41, 5.74) is 0.423. The van der Waals surface area contributed by atoms with Gasteiger partial charge in [-0.3, -0.25) is 4.79 Å². The molecule has 0 spiro atoms. The van der Waals surface area contributed by atoms with Crippen LogP contribution in [0.5, 0.6) is 0 Å². The first-order chi connectivity index (χ1) is 10.6. The van der Waals surface area contributed by atoms with Gasteiger partial charge in [0.05, 0.1) is 6.10 Å². The Bertz CT molecular complexity index is 575. The van der Waals surface area contributed by atoms with Crippen molar-refractivity contribution >= 4 is 5.78 Å². The molecule has 2 unspecified atom stereocenters. The molecule has 3 aliphatic rings. The highest BCUT2D eigenvalue weighted by Gasteiger charge is 2.60. The second-order valence-corrected chi connectivity index (χ2v) is 9.06. The first kappa shape index (κ1) is 16.9. The Hall–Kier alpha value is -0.930. The minimum absolute atomic E-state index is 0.0402. The quantitative estimate of drug-likeness (QED) is 0.730. The van der Waals surface area contributed by atoms with Crippen molar-refractivity contribution in [2.45, 2.75) is 65.6 Å². The fourth-order valence-electron chi connectivity index (χ4n) is 5.79. The lowest BCUT2D eigenvalue weighted by molar-refractivity contribution is -0.164. The third-order valence-corrected chi connectivity index (χ3v) is 7.34. The molecule has 2 N–H and O–H groups in total. The molecule has 0 aromatic carbocycles. The molecule has 23 heavy (non-hydrogen) atoms. The summed E-state index contributed by atoms with van der Waals surface area (Å²) in [6.07, 6.45) is 5.80. The fourth-order valence-corrected chi connectivity index (χ4v) is 5.79. The van der Waals surface area contributed by atoms with Gasteiger partial charge in [-0.05, 0) is 36.5 Å². The number of Topliss-reactive ketones (excluding diaryl/α,β-unsaturated/α-hetero) is 1. The zero-order valence-electron chi connectivity index (χ0n) is 14.8. The SMILES string of the molecule is C=C[C@]1(C)C=C2CC[C@@H]3C(C)(C)C(O)C(=O)C[C@@]3(C)[C@@H]2CC1O. The van der Waals surface area contributed by atoms with Crippen LogP contribution in [0.25, 0.3) is 0 Å². The number of aliphatic hydroxyl groups is 2. The van der Waals surface area contributed by atoms with Gasteiger partial charge in [0.1, 0.15) is 6.10 Å². The van der Waals surface area contributed by atoms with Gasteiger partial charge in [0.15, 0.2) is 5.78 Å². The van der Waals surface area contributed by atoms with Gasteiger partial charge in [-0.15, -0.1) is 6.58 Å². The van der Waals surface area contributed by atoms with Crippen LogP contribution in [-0.4, -0.2) is 28.2 Å². The van der Waals surface area contributed by atoms with Crippen LogP contribution in [0.15, 0.2) is 24.3 Å². The predicted molar refractivity (Wildman–Crippen MR) is 90.7 cm³/mol. The van der Waals surface area contributed by atoms with Gasteiger partial charge in [0.2, 0.25) is 0 Å². The molecule has 0 aromatic rings. The van der Waals surface area contributed by atoms with E-state index in [1.165, 1.54) is 5.57 Å². The Morgan fingerprint density at radius 1 is 1.26 bits per heavy atom. The molecule has 3 rings (SSSR count). The Kier molecular flexibility index (Phi) is 3.70. The van der Waals surface area contributed by atoms with Crippen molar-refractivity contribution in [1.82, 2.24) is 0 Å². The van der Waals surface area contributed by atoms with Crippen LogP contribution in [0.4, 0.5) is 0 Å². The molecule has 3 aliphatic carbocycles.